The van der Waals surface area contributed by atoms with Gasteiger partial charge in [-0.05, 0) is 128 Å². The van der Waals surface area contributed by atoms with Crippen LogP contribution in [0.1, 0.15) is 54.5 Å². The predicted molar refractivity (Wildman–Crippen MR) is 278 cm³/mol. The van der Waals surface area contributed by atoms with Gasteiger partial charge in [0.05, 0.1) is 5.69 Å². The molecule has 12 rings (SSSR count). The molecule has 1 unspecified atom stereocenters. The smallest absolute Gasteiger partial charge is 0.193 e. The minimum absolute atomic E-state index is 0.110. The van der Waals surface area contributed by atoms with Crippen molar-refractivity contribution in [1.29, 1.82) is 0 Å². The van der Waals surface area contributed by atoms with Crippen molar-refractivity contribution in [3.05, 3.63) is 222 Å². The Balaban J connectivity index is 1.15. The summed E-state index contributed by atoms with van der Waals surface area (Å²) in [7, 11) is 3.05. The van der Waals surface area contributed by atoms with Crippen LogP contribution in [0.3, 0.4) is 0 Å². The van der Waals surface area contributed by atoms with Crippen LogP contribution in [0.25, 0.3) is 55.2 Å². The summed E-state index contributed by atoms with van der Waals surface area (Å²) in [5.74, 6) is 0.110. The van der Waals surface area contributed by atoms with Crippen LogP contribution >= 0.6 is 0 Å². The Labute approximate surface area is 382 Å². The minimum Gasteiger partial charge on any atom is -0.355 e. The van der Waals surface area contributed by atoms with Gasteiger partial charge in [-0.2, -0.15) is 0 Å². The van der Waals surface area contributed by atoms with Gasteiger partial charge in [0.1, 0.15) is 0 Å². The van der Waals surface area contributed by atoms with Crippen LogP contribution in [0.5, 0.6) is 0 Å². The summed E-state index contributed by atoms with van der Waals surface area (Å²) >= 11 is 0. The molecule has 2 aliphatic heterocycles. The van der Waals surface area contributed by atoms with Gasteiger partial charge in [0.2, 0.25) is 0 Å². The topological polar surface area (TPSA) is 20.2 Å². The van der Waals surface area contributed by atoms with Crippen molar-refractivity contribution >= 4 is 68.3 Å². The molecule has 0 saturated heterocycles. The Bertz CT molecular complexity index is 3460. The predicted octanol–water partition coefficient (Wildman–Crippen LogP) is 14.3. The summed E-state index contributed by atoms with van der Waals surface area (Å²) in [6.07, 6.45) is 0. The minimum atomic E-state index is -0.181. The number of nitrogens with zero attached hydrogens (tertiary/aromatic N) is 2. The molecule has 2 aliphatic rings. The zero-order chi connectivity index (χ0) is 44.0. The van der Waals surface area contributed by atoms with Gasteiger partial charge in [0, 0.05) is 57.9 Å². The van der Waals surface area contributed by atoms with Crippen molar-refractivity contribution in [2.45, 2.75) is 39.0 Å². The molecule has 3 heterocycles. The molecule has 0 aliphatic carbocycles. The van der Waals surface area contributed by atoms with E-state index in [0.717, 1.165) is 24.3 Å². The summed E-state index contributed by atoms with van der Waals surface area (Å²) in [5, 5.41) is 7.86. The van der Waals surface area contributed by atoms with E-state index in [9.17, 15) is 0 Å². The van der Waals surface area contributed by atoms with Crippen LogP contribution in [0, 0.1) is 6.92 Å². The molecule has 0 saturated carbocycles. The van der Waals surface area contributed by atoms with Crippen LogP contribution in [0.2, 0.25) is 0 Å². The highest BCUT2D eigenvalue weighted by Crippen LogP contribution is 2.52. The Kier molecular flexibility index (Phi) is 9.03. The number of fused-ring (bicyclic) bond motifs is 6. The van der Waals surface area contributed by atoms with Crippen molar-refractivity contribution in [2.24, 2.45) is 7.05 Å². The quantitative estimate of drug-likeness (QED) is 0.168. The molecular weight excluding hydrogens is 786 g/mol. The third-order valence-electron chi connectivity index (χ3n) is 14.6. The second kappa shape index (κ2) is 15.0. The van der Waals surface area contributed by atoms with Crippen molar-refractivity contribution in [1.82, 2.24) is 4.57 Å². The molecule has 10 aromatic rings. The number of para-hydroxylation sites is 4. The van der Waals surface area contributed by atoms with Crippen LogP contribution in [0.4, 0.5) is 28.4 Å². The average molecular weight is 836 g/mol. The number of hydrogen-bond acceptors (Lipinski definition) is 2. The molecule has 9 aromatic carbocycles. The van der Waals surface area contributed by atoms with Crippen molar-refractivity contribution in [2.75, 3.05) is 10.2 Å². The number of aromatic nitrogens is 1. The first-order valence-corrected chi connectivity index (χ1v) is 23.0. The van der Waals surface area contributed by atoms with Gasteiger partial charge in [-0.3, -0.25) is 0 Å². The molecule has 65 heavy (non-hydrogen) atoms. The zero-order valence-electron chi connectivity index (χ0n) is 37.7. The van der Waals surface area contributed by atoms with Crippen LogP contribution in [0.15, 0.2) is 194 Å². The van der Waals surface area contributed by atoms with Crippen LogP contribution in [-0.2, 0) is 12.5 Å². The second-order valence-electron chi connectivity index (χ2n) is 18.7. The third kappa shape index (κ3) is 6.11. The molecule has 0 amide bonds. The lowest BCUT2D eigenvalue weighted by atomic mass is 9.51. The maximum absolute atomic E-state index is 4.01. The van der Waals surface area contributed by atoms with Gasteiger partial charge in [-0.25, -0.2) is 0 Å². The molecule has 1 atom stereocenters. The monoisotopic (exact) mass is 835 g/mol. The number of rotatable bonds is 6. The summed E-state index contributed by atoms with van der Waals surface area (Å²) < 4.78 is 2.39. The Morgan fingerprint density at radius 2 is 1.22 bits per heavy atom. The van der Waals surface area contributed by atoms with E-state index >= 15 is 0 Å². The normalized spacial score (nSPS) is 14.4. The molecule has 0 bridgehead atoms. The Hall–Kier alpha value is -7.56. The van der Waals surface area contributed by atoms with Gasteiger partial charge in [0.15, 0.2) is 7.28 Å². The lowest BCUT2D eigenvalue weighted by Gasteiger charge is -2.38. The number of aryl methyl sites for hydroxylation is 2. The number of hydrogen-bond donors (Lipinski definition) is 1. The zero-order valence-corrected chi connectivity index (χ0v) is 37.7. The first-order valence-electron chi connectivity index (χ1n) is 23.0. The van der Waals surface area contributed by atoms with Gasteiger partial charge in [0.25, 0.3) is 0 Å². The van der Waals surface area contributed by atoms with Crippen LogP contribution in [-0.4, -0.2) is 11.8 Å². The van der Waals surface area contributed by atoms with E-state index in [1.165, 1.54) is 105 Å². The van der Waals surface area contributed by atoms with E-state index < -0.39 is 0 Å². The number of anilines is 5. The van der Waals surface area contributed by atoms with Crippen molar-refractivity contribution < 1.29 is 0 Å². The van der Waals surface area contributed by atoms with E-state index in [1.54, 1.807) is 0 Å². The lowest BCUT2D eigenvalue weighted by molar-refractivity contribution is 0.638. The van der Waals surface area contributed by atoms with Gasteiger partial charge >= 0.3 is 0 Å². The molecule has 0 spiro atoms. The van der Waals surface area contributed by atoms with E-state index in [2.05, 4.69) is 244 Å². The van der Waals surface area contributed by atoms with Gasteiger partial charge < -0.3 is 14.8 Å². The highest BCUT2D eigenvalue weighted by Gasteiger charge is 2.37. The van der Waals surface area contributed by atoms with Crippen molar-refractivity contribution in [3.63, 3.8) is 0 Å². The molecule has 0 radical (unpaired) electrons. The Morgan fingerprint density at radius 3 is 1.94 bits per heavy atom. The standard InChI is InChI=1S/C61H50BN3/c1-38-32-33-44(65(42-22-11-7-12-23-42)43-24-13-8-14-25-43)36-48(38)57-45-26-15-16-27-46(45)58(47-28-19-30-51-60(47)63-53-31-18-17-29-50(53)61(51,3)4)59-56(57)39(2)49-37-55-41(34-52(49)62-59)35-54(64(55)5)40-20-9-6-10-21-40/h6-37,39,62-63H,1-5H3. The molecule has 3 nitrogen and oxygen atoms in total. The third-order valence-corrected chi connectivity index (χ3v) is 14.6. The van der Waals surface area contributed by atoms with E-state index in [4.69, 9.17) is 0 Å². The summed E-state index contributed by atoms with van der Waals surface area (Å²) in [6, 6.07) is 71.9. The SMILES string of the molecule is Cc1ccc(N(c2ccccc2)c2ccccc2)cc1-c1c2c(c(-c3cccc4c3Nc3ccccc3C4(C)C)c3ccccc13)Bc1cc3cc(-c4ccccc4)n(C)c3cc1C2C. The molecule has 1 aromatic heterocycles. The largest absolute Gasteiger partial charge is 0.355 e. The fraction of sp³-hybridized carbons (Fsp3) is 0.115. The highest BCUT2D eigenvalue weighted by molar-refractivity contribution is 6.71. The van der Waals surface area contributed by atoms with Crippen LogP contribution < -0.4 is 21.1 Å². The van der Waals surface area contributed by atoms with Crippen molar-refractivity contribution in [3.8, 4) is 33.5 Å². The molecule has 0 fully saturated rings. The molecule has 1 N–H and O–H groups in total. The highest BCUT2D eigenvalue weighted by atomic mass is 15.1. The number of nitrogens with one attached hydrogen (secondary N) is 1. The molecular formula is C61H50BN3. The Morgan fingerprint density at radius 1 is 0.585 bits per heavy atom. The van der Waals surface area contributed by atoms with E-state index in [0.29, 0.717) is 0 Å². The fourth-order valence-electron chi connectivity index (χ4n) is 11.5. The molecule has 312 valence electrons. The maximum atomic E-state index is 4.01. The maximum Gasteiger partial charge on any atom is 0.193 e. The number of benzene rings is 9. The van der Waals surface area contributed by atoms with E-state index in [1.807, 2.05) is 0 Å². The van der Waals surface area contributed by atoms with Gasteiger partial charge in [-0.1, -0.05) is 171 Å². The average Bonchev–Trinajstić information content (AvgIpc) is 3.66. The summed E-state index contributed by atoms with van der Waals surface area (Å²) in [6.45, 7) is 9.51. The van der Waals surface area contributed by atoms with Gasteiger partial charge in [-0.15, -0.1) is 0 Å². The summed E-state index contributed by atoms with van der Waals surface area (Å²) in [4.78, 5) is 2.39. The molecule has 4 heteroatoms. The van der Waals surface area contributed by atoms with E-state index in [-0.39, 0.29) is 11.3 Å². The lowest BCUT2D eigenvalue weighted by Crippen LogP contribution is -2.41. The second-order valence-corrected chi connectivity index (χ2v) is 18.7. The first-order chi connectivity index (χ1) is 31.8. The summed E-state index contributed by atoms with van der Waals surface area (Å²) in [5.41, 5.74) is 24.1. The fourth-order valence-corrected chi connectivity index (χ4v) is 11.5. The first kappa shape index (κ1) is 39.1.